The summed E-state index contributed by atoms with van der Waals surface area (Å²) in [6, 6.07) is 4.19. The summed E-state index contributed by atoms with van der Waals surface area (Å²) in [6.07, 6.45) is 1.90. The Bertz CT molecular complexity index is 409. The Hall–Kier alpha value is -1.00. The smallest absolute Gasteiger partial charge is 0.163 e. The van der Waals surface area contributed by atoms with Crippen molar-refractivity contribution in [1.29, 1.82) is 0 Å². The maximum absolute atomic E-state index is 13.8. The fraction of sp³-hybridized carbons (Fsp3) is 0.625. The van der Waals surface area contributed by atoms with Crippen molar-refractivity contribution in [1.82, 2.24) is 10.2 Å². The average Bonchev–Trinajstić information content (AvgIpc) is 2.43. The van der Waals surface area contributed by atoms with Crippen molar-refractivity contribution in [3.05, 3.63) is 35.4 Å². The van der Waals surface area contributed by atoms with Crippen molar-refractivity contribution >= 4 is 0 Å². The van der Waals surface area contributed by atoms with Gasteiger partial charge in [0.05, 0.1) is 0 Å². The molecule has 1 N–H and O–H groups in total. The van der Waals surface area contributed by atoms with Gasteiger partial charge in [-0.05, 0) is 39.0 Å². The lowest BCUT2D eigenvalue weighted by atomic mass is 10.0. The van der Waals surface area contributed by atoms with Gasteiger partial charge in [0.1, 0.15) is 0 Å². The third-order valence-corrected chi connectivity index (χ3v) is 3.83. The van der Waals surface area contributed by atoms with Crippen molar-refractivity contribution in [2.75, 3.05) is 27.2 Å². The molecule has 0 bridgehead atoms. The molecule has 2 unspecified atom stereocenters. The van der Waals surface area contributed by atoms with Crippen LogP contribution in [-0.2, 0) is 0 Å². The van der Waals surface area contributed by atoms with Crippen LogP contribution in [-0.4, -0.2) is 32.1 Å². The highest BCUT2D eigenvalue weighted by Gasteiger charge is 2.17. The number of nitrogens with zero attached hydrogens (tertiary/aromatic N) is 1. The first-order valence-electron chi connectivity index (χ1n) is 7.29. The minimum Gasteiger partial charge on any atom is -0.313 e. The predicted molar refractivity (Wildman–Crippen MR) is 79.7 cm³/mol. The molecule has 0 saturated carbocycles. The molecule has 4 heteroatoms. The molecular weight excluding hydrogens is 258 g/mol. The number of hydrogen-bond donors (Lipinski definition) is 1. The van der Waals surface area contributed by atoms with E-state index in [1.807, 2.05) is 0 Å². The van der Waals surface area contributed by atoms with Gasteiger partial charge in [-0.1, -0.05) is 32.4 Å². The second-order valence-electron chi connectivity index (χ2n) is 5.55. The number of rotatable bonds is 8. The molecule has 114 valence electrons. The van der Waals surface area contributed by atoms with E-state index >= 15 is 0 Å². The van der Waals surface area contributed by atoms with Gasteiger partial charge < -0.3 is 10.2 Å². The fourth-order valence-corrected chi connectivity index (χ4v) is 2.35. The van der Waals surface area contributed by atoms with Gasteiger partial charge in [-0.2, -0.15) is 0 Å². The van der Waals surface area contributed by atoms with Crippen LogP contribution in [0.25, 0.3) is 0 Å². The molecule has 0 spiro atoms. The molecule has 0 amide bonds. The summed E-state index contributed by atoms with van der Waals surface area (Å²) in [7, 11) is 3.85. The third kappa shape index (κ3) is 4.84. The summed E-state index contributed by atoms with van der Waals surface area (Å²) < 4.78 is 27.1. The van der Waals surface area contributed by atoms with Crippen LogP contribution < -0.4 is 5.32 Å². The first-order valence-corrected chi connectivity index (χ1v) is 7.29. The van der Waals surface area contributed by atoms with Crippen LogP contribution in [0.2, 0.25) is 0 Å². The van der Waals surface area contributed by atoms with E-state index in [0.717, 1.165) is 32.0 Å². The Kier molecular flexibility index (Phi) is 7.10. The van der Waals surface area contributed by atoms with Crippen LogP contribution in [0.5, 0.6) is 0 Å². The van der Waals surface area contributed by atoms with E-state index in [1.54, 1.807) is 19.2 Å². The van der Waals surface area contributed by atoms with Crippen molar-refractivity contribution in [3.8, 4) is 0 Å². The van der Waals surface area contributed by atoms with Gasteiger partial charge >= 0.3 is 0 Å². The van der Waals surface area contributed by atoms with E-state index < -0.39 is 11.6 Å². The van der Waals surface area contributed by atoms with E-state index in [0.29, 0.717) is 11.5 Å². The van der Waals surface area contributed by atoms with Crippen LogP contribution in [0.1, 0.15) is 38.3 Å². The zero-order valence-electron chi connectivity index (χ0n) is 12.9. The molecule has 0 saturated heterocycles. The summed E-state index contributed by atoms with van der Waals surface area (Å²) in [5.41, 5.74) is 0.407. The molecule has 0 heterocycles. The van der Waals surface area contributed by atoms with Gasteiger partial charge in [0, 0.05) is 18.2 Å². The van der Waals surface area contributed by atoms with E-state index in [1.165, 1.54) is 0 Å². The van der Waals surface area contributed by atoms with E-state index in [4.69, 9.17) is 0 Å². The largest absolute Gasteiger partial charge is 0.313 e. The number of hydrogen-bond acceptors (Lipinski definition) is 2. The third-order valence-electron chi connectivity index (χ3n) is 3.83. The molecule has 2 atom stereocenters. The molecule has 1 rings (SSSR count). The minimum absolute atomic E-state index is 0.162. The normalized spacial score (nSPS) is 14.6. The van der Waals surface area contributed by atoms with Crippen LogP contribution >= 0.6 is 0 Å². The maximum atomic E-state index is 13.8. The Morgan fingerprint density at radius 3 is 2.60 bits per heavy atom. The van der Waals surface area contributed by atoms with E-state index in [-0.39, 0.29) is 6.04 Å². The number of nitrogens with one attached hydrogen (secondary N) is 1. The topological polar surface area (TPSA) is 15.3 Å². The summed E-state index contributed by atoms with van der Waals surface area (Å²) >= 11 is 0. The predicted octanol–water partition coefficient (Wildman–Crippen LogP) is 3.59. The Morgan fingerprint density at radius 1 is 1.30 bits per heavy atom. The average molecular weight is 284 g/mol. The van der Waals surface area contributed by atoms with Gasteiger partial charge in [0.2, 0.25) is 0 Å². The standard InChI is InChI=1S/C16H26F2N2/c1-5-12(2)11-20(4)10-9-15(19-3)13-7-6-8-14(17)16(13)18/h6-8,12,15,19H,5,9-11H2,1-4H3. The molecule has 1 aromatic rings. The summed E-state index contributed by atoms with van der Waals surface area (Å²) in [4.78, 5) is 2.25. The second kappa shape index (κ2) is 8.32. The molecular formula is C16H26F2N2. The lowest BCUT2D eigenvalue weighted by Crippen LogP contribution is -2.29. The van der Waals surface area contributed by atoms with Gasteiger partial charge in [-0.15, -0.1) is 0 Å². The van der Waals surface area contributed by atoms with Gasteiger partial charge in [0.15, 0.2) is 11.6 Å². The van der Waals surface area contributed by atoms with Crippen molar-refractivity contribution in [3.63, 3.8) is 0 Å². The highest BCUT2D eigenvalue weighted by Crippen LogP contribution is 2.22. The quantitative estimate of drug-likeness (QED) is 0.785. The minimum atomic E-state index is -0.782. The molecule has 0 radical (unpaired) electrons. The van der Waals surface area contributed by atoms with Crippen molar-refractivity contribution in [2.24, 2.45) is 5.92 Å². The first-order chi connectivity index (χ1) is 9.49. The summed E-state index contributed by atoms with van der Waals surface area (Å²) in [6.45, 7) is 6.28. The number of benzene rings is 1. The molecule has 0 aliphatic carbocycles. The molecule has 0 aromatic heterocycles. The van der Waals surface area contributed by atoms with Gasteiger partial charge in [-0.25, -0.2) is 8.78 Å². The van der Waals surface area contributed by atoms with E-state index in [2.05, 4.69) is 31.1 Å². The monoisotopic (exact) mass is 284 g/mol. The highest BCUT2D eigenvalue weighted by atomic mass is 19.2. The van der Waals surface area contributed by atoms with Gasteiger partial charge in [-0.3, -0.25) is 0 Å². The zero-order chi connectivity index (χ0) is 15.1. The zero-order valence-corrected chi connectivity index (χ0v) is 12.9. The SMILES string of the molecule is CCC(C)CN(C)CCC(NC)c1cccc(F)c1F. The molecule has 20 heavy (non-hydrogen) atoms. The van der Waals surface area contributed by atoms with E-state index in [9.17, 15) is 8.78 Å². The van der Waals surface area contributed by atoms with Crippen LogP contribution in [0.3, 0.4) is 0 Å². The fourth-order valence-electron chi connectivity index (χ4n) is 2.35. The highest BCUT2D eigenvalue weighted by molar-refractivity contribution is 5.22. The molecule has 2 nitrogen and oxygen atoms in total. The van der Waals surface area contributed by atoms with Crippen molar-refractivity contribution < 1.29 is 8.78 Å². The Labute approximate surface area is 121 Å². The van der Waals surface area contributed by atoms with Crippen LogP contribution in [0, 0.1) is 17.6 Å². The van der Waals surface area contributed by atoms with Crippen LogP contribution in [0.4, 0.5) is 8.78 Å². The van der Waals surface area contributed by atoms with Crippen molar-refractivity contribution in [2.45, 2.75) is 32.7 Å². The summed E-state index contributed by atoms with van der Waals surface area (Å²) in [5.74, 6) is -0.869. The lowest BCUT2D eigenvalue weighted by molar-refractivity contribution is 0.266. The Morgan fingerprint density at radius 2 is 2.00 bits per heavy atom. The first kappa shape index (κ1) is 17.1. The number of halogens is 2. The molecule has 1 aromatic carbocycles. The second-order valence-corrected chi connectivity index (χ2v) is 5.55. The maximum Gasteiger partial charge on any atom is 0.163 e. The Balaban J connectivity index is 2.61. The molecule has 0 aliphatic heterocycles. The van der Waals surface area contributed by atoms with Gasteiger partial charge in [0.25, 0.3) is 0 Å². The lowest BCUT2D eigenvalue weighted by Gasteiger charge is -2.24. The molecule has 0 fully saturated rings. The molecule has 0 aliphatic rings. The van der Waals surface area contributed by atoms with Crippen LogP contribution in [0.15, 0.2) is 18.2 Å². The summed E-state index contributed by atoms with van der Waals surface area (Å²) in [5, 5.41) is 3.08.